The van der Waals surface area contributed by atoms with Crippen LogP contribution in [0.15, 0.2) is 46.9 Å². The van der Waals surface area contributed by atoms with Crippen molar-refractivity contribution in [1.82, 2.24) is 10.9 Å². The van der Waals surface area contributed by atoms with Gasteiger partial charge in [-0.2, -0.15) is 0 Å². The number of phenolic OH excluding ortho intramolecular Hbond substituents is 1. The third-order valence-corrected chi connectivity index (χ3v) is 3.44. The summed E-state index contributed by atoms with van der Waals surface area (Å²) in [5.41, 5.74) is 5.25. The average Bonchev–Trinajstić information content (AvgIpc) is 2.55. The van der Waals surface area contributed by atoms with Crippen molar-refractivity contribution < 1.29 is 19.4 Å². The normalized spacial score (nSPS) is 9.91. The average molecular weight is 365 g/mol. The molecule has 114 valence electrons. The molecule has 0 heterocycles. The predicted octanol–water partition coefficient (Wildman–Crippen LogP) is 2.24. The minimum atomic E-state index is -0.539. The molecule has 0 atom stereocenters. The number of benzene rings is 2. The number of carbonyl (C=O) groups is 2. The van der Waals surface area contributed by atoms with Crippen molar-refractivity contribution in [3.63, 3.8) is 0 Å². The third-order valence-electron chi connectivity index (χ3n) is 2.84. The van der Waals surface area contributed by atoms with E-state index in [1.54, 1.807) is 30.3 Å². The van der Waals surface area contributed by atoms with E-state index in [9.17, 15) is 14.7 Å². The lowest BCUT2D eigenvalue weighted by Crippen LogP contribution is -2.41. The molecule has 0 bridgehead atoms. The Balaban J connectivity index is 2.07. The molecule has 6 nitrogen and oxygen atoms in total. The fourth-order valence-corrected chi connectivity index (χ4v) is 2.15. The van der Waals surface area contributed by atoms with Crippen LogP contribution in [0.2, 0.25) is 0 Å². The van der Waals surface area contributed by atoms with Crippen molar-refractivity contribution in [2.75, 3.05) is 7.11 Å². The summed E-state index contributed by atoms with van der Waals surface area (Å²) >= 11 is 3.13. The van der Waals surface area contributed by atoms with Gasteiger partial charge in [-0.05, 0) is 40.2 Å². The van der Waals surface area contributed by atoms with Gasteiger partial charge >= 0.3 is 0 Å². The van der Waals surface area contributed by atoms with Gasteiger partial charge in [-0.1, -0.05) is 18.2 Å². The molecule has 0 unspecified atom stereocenters. The molecule has 0 spiro atoms. The fourth-order valence-electron chi connectivity index (χ4n) is 1.71. The number of hydrogen-bond acceptors (Lipinski definition) is 4. The van der Waals surface area contributed by atoms with Gasteiger partial charge in [0.1, 0.15) is 0 Å². The Morgan fingerprint density at radius 3 is 2.23 bits per heavy atom. The predicted molar refractivity (Wildman–Crippen MR) is 83.7 cm³/mol. The van der Waals surface area contributed by atoms with E-state index in [1.165, 1.54) is 19.2 Å². The maximum absolute atomic E-state index is 12.0. The van der Waals surface area contributed by atoms with Gasteiger partial charge in [0.25, 0.3) is 11.8 Å². The van der Waals surface area contributed by atoms with Crippen molar-refractivity contribution in [3.8, 4) is 11.5 Å². The molecule has 2 rings (SSSR count). The van der Waals surface area contributed by atoms with Gasteiger partial charge in [0.05, 0.1) is 11.6 Å². The lowest BCUT2D eigenvalue weighted by molar-refractivity contribution is 0.0846. The highest BCUT2D eigenvalue weighted by molar-refractivity contribution is 9.10. The standard InChI is InChI=1S/C15H13BrN2O4/c1-22-12-8-10(7-11(16)13(12)19)15(21)18-17-14(20)9-5-3-2-4-6-9/h2-8,19H,1H3,(H,17,20)(H,18,21). The smallest absolute Gasteiger partial charge is 0.269 e. The number of hydrazine groups is 1. The zero-order valence-corrected chi connectivity index (χ0v) is 13.2. The number of hydrogen-bond donors (Lipinski definition) is 3. The first-order valence-electron chi connectivity index (χ1n) is 6.25. The minimum Gasteiger partial charge on any atom is -0.503 e. The Kier molecular flexibility index (Phi) is 5.00. The van der Waals surface area contributed by atoms with Crippen molar-refractivity contribution >= 4 is 27.7 Å². The van der Waals surface area contributed by atoms with Crippen LogP contribution in [0.25, 0.3) is 0 Å². The van der Waals surface area contributed by atoms with Gasteiger partial charge in [-0.15, -0.1) is 0 Å². The first kappa shape index (κ1) is 15.8. The monoisotopic (exact) mass is 364 g/mol. The second-order valence-electron chi connectivity index (χ2n) is 4.28. The highest BCUT2D eigenvalue weighted by Crippen LogP contribution is 2.35. The van der Waals surface area contributed by atoms with Gasteiger partial charge < -0.3 is 9.84 Å². The van der Waals surface area contributed by atoms with Crippen LogP contribution in [0.1, 0.15) is 20.7 Å². The van der Waals surface area contributed by atoms with Gasteiger partial charge in [0.2, 0.25) is 0 Å². The second-order valence-corrected chi connectivity index (χ2v) is 5.14. The number of halogens is 1. The lowest BCUT2D eigenvalue weighted by atomic mass is 10.2. The van der Waals surface area contributed by atoms with Crippen LogP contribution in [0.4, 0.5) is 0 Å². The molecule has 2 aromatic carbocycles. The molecule has 2 aromatic rings. The second kappa shape index (κ2) is 6.95. The van der Waals surface area contributed by atoms with Crippen molar-refractivity contribution in [1.29, 1.82) is 0 Å². The Bertz CT molecular complexity index is 704. The van der Waals surface area contributed by atoms with Crippen LogP contribution >= 0.6 is 15.9 Å². The third kappa shape index (κ3) is 3.56. The number of phenols is 1. The Labute approximate surface area is 135 Å². The Hall–Kier alpha value is -2.54. The summed E-state index contributed by atoms with van der Waals surface area (Å²) in [6, 6.07) is 11.3. The van der Waals surface area contributed by atoms with E-state index in [2.05, 4.69) is 26.8 Å². The van der Waals surface area contributed by atoms with Crippen LogP contribution in [0.3, 0.4) is 0 Å². The molecule has 0 aliphatic carbocycles. The molecule has 2 amide bonds. The Morgan fingerprint density at radius 1 is 1.05 bits per heavy atom. The summed E-state index contributed by atoms with van der Waals surface area (Å²) in [7, 11) is 1.38. The molecule has 7 heteroatoms. The van der Waals surface area contributed by atoms with Gasteiger partial charge in [-0.3, -0.25) is 20.4 Å². The summed E-state index contributed by atoms with van der Waals surface area (Å²) in [4.78, 5) is 23.9. The van der Waals surface area contributed by atoms with Crippen LogP contribution in [-0.4, -0.2) is 24.0 Å². The molecular formula is C15H13BrN2O4. The topological polar surface area (TPSA) is 87.7 Å². The molecule has 0 aliphatic heterocycles. The van der Waals surface area contributed by atoms with Gasteiger partial charge in [0, 0.05) is 11.1 Å². The summed E-state index contributed by atoms with van der Waals surface area (Å²) in [6.07, 6.45) is 0. The first-order valence-corrected chi connectivity index (χ1v) is 7.04. The highest BCUT2D eigenvalue weighted by Gasteiger charge is 2.14. The number of aromatic hydroxyl groups is 1. The van der Waals surface area contributed by atoms with Crippen molar-refractivity contribution in [3.05, 3.63) is 58.1 Å². The molecule has 0 saturated heterocycles. The van der Waals surface area contributed by atoms with E-state index in [0.717, 1.165) is 0 Å². The molecular weight excluding hydrogens is 352 g/mol. The van der Waals surface area contributed by atoms with E-state index in [0.29, 0.717) is 10.0 Å². The number of nitrogens with one attached hydrogen (secondary N) is 2. The molecule has 0 radical (unpaired) electrons. The summed E-state index contributed by atoms with van der Waals surface area (Å²) in [6.45, 7) is 0. The number of amides is 2. The molecule has 22 heavy (non-hydrogen) atoms. The number of ether oxygens (including phenoxy) is 1. The van der Waals surface area contributed by atoms with E-state index in [4.69, 9.17) is 4.74 Å². The van der Waals surface area contributed by atoms with Gasteiger partial charge in [-0.25, -0.2) is 0 Å². The minimum absolute atomic E-state index is 0.104. The maximum atomic E-state index is 12.0. The zero-order valence-electron chi connectivity index (χ0n) is 11.6. The van der Waals surface area contributed by atoms with Crippen LogP contribution in [0, 0.1) is 0 Å². The largest absolute Gasteiger partial charge is 0.503 e. The number of rotatable bonds is 3. The molecule has 0 fully saturated rings. The maximum Gasteiger partial charge on any atom is 0.269 e. The summed E-state index contributed by atoms with van der Waals surface area (Å²) < 4.78 is 5.28. The molecule has 0 saturated carbocycles. The van der Waals surface area contributed by atoms with Crippen molar-refractivity contribution in [2.24, 2.45) is 0 Å². The fraction of sp³-hybridized carbons (Fsp3) is 0.0667. The quantitative estimate of drug-likeness (QED) is 0.728. The first-order chi connectivity index (χ1) is 10.5. The lowest BCUT2D eigenvalue weighted by Gasteiger charge is -2.10. The van der Waals surface area contributed by atoms with Crippen molar-refractivity contribution in [2.45, 2.75) is 0 Å². The van der Waals surface area contributed by atoms with E-state index >= 15 is 0 Å². The SMILES string of the molecule is COc1cc(C(=O)NNC(=O)c2ccccc2)cc(Br)c1O. The zero-order chi connectivity index (χ0) is 16.1. The van der Waals surface area contributed by atoms with Crippen LogP contribution in [0.5, 0.6) is 11.5 Å². The highest BCUT2D eigenvalue weighted by atomic mass is 79.9. The summed E-state index contributed by atoms with van der Waals surface area (Å²) in [5.74, 6) is -0.927. The van der Waals surface area contributed by atoms with Crippen LogP contribution < -0.4 is 15.6 Å². The summed E-state index contributed by atoms with van der Waals surface area (Å²) in [5, 5.41) is 9.70. The molecule has 3 N–H and O–H groups in total. The van der Waals surface area contributed by atoms with E-state index < -0.39 is 11.8 Å². The van der Waals surface area contributed by atoms with E-state index in [-0.39, 0.29) is 17.1 Å². The Morgan fingerprint density at radius 2 is 1.64 bits per heavy atom. The molecule has 0 aliphatic rings. The van der Waals surface area contributed by atoms with E-state index in [1.807, 2.05) is 0 Å². The molecule has 0 aromatic heterocycles. The number of carbonyl (C=O) groups excluding carboxylic acids is 2. The van der Waals surface area contributed by atoms with Crippen LogP contribution in [-0.2, 0) is 0 Å². The number of methoxy groups -OCH3 is 1. The van der Waals surface area contributed by atoms with Gasteiger partial charge in [0.15, 0.2) is 11.5 Å².